The number of fused-ring (bicyclic) bond motifs is 3. The van der Waals surface area contributed by atoms with Crippen molar-refractivity contribution in [3.63, 3.8) is 0 Å². The summed E-state index contributed by atoms with van der Waals surface area (Å²) in [5.74, 6) is -0.151. The molecule has 0 unspecified atom stereocenters. The van der Waals surface area contributed by atoms with E-state index in [1.165, 1.54) is 14.2 Å². The van der Waals surface area contributed by atoms with Crippen LogP contribution in [0.25, 0.3) is 11.1 Å². The number of hydrogen-bond acceptors (Lipinski definition) is 5. The van der Waals surface area contributed by atoms with E-state index in [0.717, 1.165) is 22.3 Å². The Kier molecular flexibility index (Phi) is 6.49. The molecule has 7 nitrogen and oxygen atoms in total. The third kappa shape index (κ3) is 4.77. The predicted molar refractivity (Wildman–Crippen MR) is 123 cm³/mol. The molecule has 2 N–H and O–H groups in total. The van der Waals surface area contributed by atoms with Crippen LogP contribution >= 0.6 is 0 Å². The summed E-state index contributed by atoms with van der Waals surface area (Å²) in [5, 5.41) is 12.1. The van der Waals surface area contributed by atoms with Gasteiger partial charge in [0.2, 0.25) is 0 Å². The highest BCUT2D eigenvalue weighted by Crippen LogP contribution is 2.44. The van der Waals surface area contributed by atoms with Crippen molar-refractivity contribution in [2.45, 2.75) is 18.4 Å². The third-order valence-corrected chi connectivity index (χ3v) is 5.79. The standard InChI is InChI=1S/C26H25NO6/c1-31-17-11-16(12-18(13-17)32-2)24(14-25(28)29)27-26(30)33-15-23-21-9-5-3-7-19(21)20-8-4-6-10-22(20)23/h3-13,23-24H,14-15H2,1-2H3,(H,27,30)(H,28,29)/t24-/m0/s1. The molecule has 3 aromatic rings. The average molecular weight is 447 g/mol. The first-order valence-corrected chi connectivity index (χ1v) is 10.6. The molecule has 170 valence electrons. The van der Waals surface area contributed by atoms with Crippen LogP contribution in [0, 0.1) is 0 Å². The van der Waals surface area contributed by atoms with Crippen LogP contribution in [0.5, 0.6) is 11.5 Å². The zero-order valence-electron chi connectivity index (χ0n) is 18.4. The summed E-state index contributed by atoms with van der Waals surface area (Å²) in [6.45, 7) is 0.140. The molecule has 1 amide bonds. The monoisotopic (exact) mass is 447 g/mol. The molecule has 1 atom stereocenters. The lowest BCUT2D eigenvalue weighted by atomic mass is 9.98. The summed E-state index contributed by atoms with van der Waals surface area (Å²) in [6, 6.07) is 20.3. The minimum absolute atomic E-state index is 0.0852. The normalized spacial score (nSPS) is 12.9. The minimum Gasteiger partial charge on any atom is -0.497 e. The van der Waals surface area contributed by atoms with Gasteiger partial charge in [-0.1, -0.05) is 48.5 Å². The summed E-state index contributed by atoms with van der Waals surface area (Å²) >= 11 is 0. The van der Waals surface area contributed by atoms with Gasteiger partial charge >= 0.3 is 12.1 Å². The van der Waals surface area contributed by atoms with Crippen LogP contribution < -0.4 is 14.8 Å². The second kappa shape index (κ2) is 9.65. The Balaban J connectivity index is 1.51. The first-order chi connectivity index (χ1) is 16.0. The van der Waals surface area contributed by atoms with Gasteiger partial charge in [0.25, 0.3) is 0 Å². The molecule has 1 aliphatic rings. The molecule has 0 spiro atoms. The lowest BCUT2D eigenvalue weighted by Gasteiger charge is -2.20. The number of carbonyl (C=O) groups is 2. The molecule has 0 radical (unpaired) electrons. The van der Waals surface area contributed by atoms with Crippen LogP contribution in [0.1, 0.15) is 35.1 Å². The van der Waals surface area contributed by atoms with Gasteiger partial charge in [0.1, 0.15) is 18.1 Å². The van der Waals surface area contributed by atoms with E-state index in [1.54, 1.807) is 18.2 Å². The molecular formula is C26H25NO6. The zero-order chi connectivity index (χ0) is 23.4. The maximum atomic E-state index is 12.7. The van der Waals surface area contributed by atoms with Gasteiger partial charge in [-0.25, -0.2) is 4.79 Å². The Morgan fingerprint density at radius 3 is 1.97 bits per heavy atom. The topological polar surface area (TPSA) is 94.1 Å². The maximum absolute atomic E-state index is 12.7. The number of hydrogen-bond donors (Lipinski definition) is 2. The van der Waals surface area contributed by atoms with Crippen molar-refractivity contribution < 1.29 is 28.9 Å². The first kappa shape index (κ1) is 22.2. The second-order valence-electron chi connectivity index (χ2n) is 7.77. The number of nitrogens with one attached hydrogen (secondary N) is 1. The number of amides is 1. The van der Waals surface area contributed by atoms with Gasteiger partial charge in [0.05, 0.1) is 26.7 Å². The van der Waals surface area contributed by atoms with Crippen LogP contribution in [-0.2, 0) is 9.53 Å². The van der Waals surface area contributed by atoms with E-state index in [-0.39, 0.29) is 18.9 Å². The van der Waals surface area contributed by atoms with Crippen molar-refractivity contribution in [2.24, 2.45) is 0 Å². The Labute approximate surface area is 191 Å². The average Bonchev–Trinajstić information content (AvgIpc) is 3.15. The molecule has 3 aromatic carbocycles. The predicted octanol–water partition coefficient (Wildman–Crippen LogP) is 4.76. The van der Waals surface area contributed by atoms with Crippen molar-refractivity contribution >= 4 is 12.1 Å². The van der Waals surface area contributed by atoms with E-state index in [4.69, 9.17) is 14.2 Å². The van der Waals surface area contributed by atoms with E-state index in [1.807, 2.05) is 36.4 Å². The molecule has 7 heteroatoms. The Hall–Kier alpha value is -4.00. The highest BCUT2D eigenvalue weighted by Gasteiger charge is 2.29. The first-order valence-electron chi connectivity index (χ1n) is 10.6. The van der Waals surface area contributed by atoms with Gasteiger partial charge in [0.15, 0.2) is 0 Å². The van der Waals surface area contributed by atoms with Crippen molar-refractivity contribution in [3.05, 3.63) is 83.4 Å². The molecule has 0 saturated carbocycles. The van der Waals surface area contributed by atoms with Gasteiger partial charge in [-0.2, -0.15) is 0 Å². The lowest BCUT2D eigenvalue weighted by molar-refractivity contribution is -0.137. The van der Waals surface area contributed by atoms with Crippen LogP contribution in [0.3, 0.4) is 0 Å². The highest BCUT2D eigenvalue weighted by molar-refractivity contribution is 5.79. The molecule has 0 heterocycles. The number of aliphatic carboxylic acids is 1. The van der Waals surface area contributed by atoms with E-state index in [9.17, 15) is 14.7 Å². The fraction of sp³-hybridized carbons (Fsp3) is 0.231. The molecular weight excluding hydrogens is 422 g/mol. The molecule has 0 fully saturated rings. The van der Waals surface area contributed by atoms with Crippen molar-refractivity contribution in [3.8, 4) is 22.6 Å². The summed E-state index contributed by atoms with van der Waals surface area (Å²) < 4.78 is 16.1. The van der Waals surface area contributed by atoms with E-state index >= 15 is 0 Å². The molecule has 0 saturated heterocycles. The van der Waals surface area contributed by atoms with Crippen LogP contribution in [0.4, 0.5) is 4.79 Å². The number of benzene rings is 3. The van der Waals surface area contributed by atoms with Crippen LogP contribution in [0.15, 0.2) is 66.7 Å². The number of methoxy groups -OCH3 is 2. The second-order valence-corrected chi connectivity index (χ2v) is 7.77. The number of alkyl carbamates (subject to hydrolysis) is 1. The number of rotatable bonds is 8. The van der Waals surface area contributed by atoms with Crippen molar-refractivity contribution in [1.29, 1.82) is 0 Å². The molecule has 0 aliphatic heterocycles. The highest BCUT2D eigenvalue weighted by atomic mass is 16.5. The smallest absolute Gasteiger partial charge is 0.407 e. The molecule has 0 bridgehead atoms. The Morgan fingerprint density at radius 1 is 0.909 bits per heavy atom. The molecule has 33 heavy (non-hydrogen) atoms. The Bertz CT molecular complexity index is 1110. The van der Waals surface area contributed by atoms with E-state index in [0.29, 0.717) is 17.1 Å². The fourth-order valence-electron chi connectivity index (χ4n) is 4.24. The largest absolute Gasteiger partial charge is 0.497 e. The summed E-state index contributed by atoms with van der Waals surface area (Å²) in [7, 11) is 3.01. The van der Waals surface area contributed by atoms with Gasteiger partial charge in [-0.3, -0.25) is 4.79 Å². The minimum atomic E-state index is -1.05. The van der Waals surface area contributed by atoms with Crippen molar-refractivity contribution in [2.75, 3.05) is 20.8 Å². The molecule has 1 aliphatic carbocycles. The summed E-state index contributed by atoms with van der Waals surface area (Å²) in [6.07, 6.45) is -1.01. The number of ether oxygens (including phenoxy) is 3. The number of carboxylic acid groups (broad SMARTS) is 1. The van der Waals surface area contributed by atoms with E-state index in [2.05, 4.69) is 17.4 Å². The van der Waals surface area contributed by atoms with Crippen LogP contribution in [0.2, 0.25) is 0 Å². The SMILES string of the molecule is COc1cc(OC)cc([C@H](CC(=O)O)NC(=O)OCC2c3ccccc3-c3ccccc32)c1. The van der Waals surface area contributed by atoms with E-state index < -0.39 is 18.1 Å². The third-order valence-electron chi connectivity index (χ3n) is 5.79. The maximum Gasteiger partial charge on any atom is 0.407 e. The summed E-state index contributed by atoms with van der Waals surface area (Å²) in [4.78, 5) is 24.2. The molecule has 4 rings (SSSR count). The van der Waals surface area contributed by atoms with Gasteiger partial charge in [-0.15, -0.1) is 0 Å². The van der Waals surface area contributed by atoms with Gasteiger partial charge < -0.3 is 24.6 Å². The van der Waals surface area contributed by atoms with Crippen LogP contribution in [-0.4, -0.2) is 38.0 Å². The fourth-order valence-corrected chi connectivity index (χ4v) is 4.24. The van der Waals surface area contributed by atoms with Crippen molar-refractivity contribution in [1.82, 2.24) is 5.32 Å². The van der Waals surface area contributed by atoms with Gasteiger partial charge in [0, 0.05) is 12.0 Å². The lowest BCUT2D eigenvalue weighted by Crippen LogP contribution is -2.31. The Morgan fingerprint density at radius 2 is 1.45 bits per heavy atom. The number of carbonyl (C=O) groups excluding carboxylic acids is 1. The zero-order valence-corrected chi connectivity index (χ0v) is 18.4. The van der Waals surface area contributed by atoms with Gasteiger partial charge in [-0.05, 0) is 39.9 Å². The molecule has 0 aromatic heterocycles. The quantitative estimate of drug-likeness (QED) is 0.517. The summed E-state index contributed by atoms with van der Waals surface area (Å²) in [5.41, 5.74) is 5.02. The number of carboxylic acids is 1.